The SMILES string of the molecule is Cc1ccccc1-n1cnnc1SCC(=O)c1ccc(C(C)(C)C)cc1. The lowest BCUT2D eigenvalue weighted by atomic mass is 9.86. The topological polar surface area (TPSA) is 47.8 Å². The van der Waals surface area contributed by atoms with Crippen LogP contribution in [0.15, 0.2) is 60.0 Å². The molecular formula is C21H23N3OS. The molecule has 0 N–H and O–H groups in total. The van der Waals surface area contributed by atoms with E-state index in [-0.39, 0.29) is 11.2 Å². The number of nitrogens with zero attached hydrogens (tertiary/aromatic N) is 3. The molecule has 0 radical (unpaired) electrons. The Hall–Kier alpha value is -2.40. The van der Waals surface area contributed by atoms with Gasteiger partial charge in [0, 0.05) is 5.56 Å². The van der Waals surface area contributed by atoms with Gasteiger partial charge in [-0.05, 0) is 29.5 Å². The quantitative estimate of drug-likeness (QED) is 0.479. The molecule has 0 bridgehead atoms. The molecule has 26 heavy (non-hydrogen) atoms. The highest BCUT2D eigenvalue weighted by Crippen LogP contribution is 2.24. The molecule has 0 amide bonds. The first kappa shape index (κ1) is 18.4. The standard InChI is InChI=1S/C21H23N3OS/c1-15-7-5-6-8-18(15)24-14-22-23-20(24)26-13-19(25)16-9-11-17(12-10-16)21(2,3)4/h5-12,14H,13H2,1-4H3. The number of Topliss-reactive ketones (excluding diaryl/α,β-unsaturated/α-hetero) is 1. The first-order valence-electron chi connectivity index (χ1n) is 8.59. The molecular weight excluding hydrogens is 342 g/mol. The number of benzene rings is 2. The molecule has 0 fully saturated rings. The van der Waals surface area contributed by atoms with Crippen molar-refractivity contribution in [2.75, 3.05) is 5.75 Å². The number of carbonyl (C=O) groups excluding carboxylic acids is 1. The fourth-order valence-electron chi connectivity index (χ4n) is 2.69. The van der Waals surface area contributed by atoms with Crippen molar-refractivity contribution in [1.82, 2.24) is 14.8 Å². The predicted octanol–water partition coefficient (Wildman–Crippen LogP) is 4.85. The average molecular weight is 366 g/mol. The maximum atomic E-state index is 12.5. The minimum atomic E-state index is 0.0836. The van der Waals surface area contributed by atoms with Crippen molar-refractivity contribution in [3.63, 3.8) is 0 Å². The van der Waals surface area contributed by atoms with Crippen LogP contribution in [-0.2, 0) is 5.41 Å². The summed E-state index contributed by atoms with van der Waals surface area (Å²) in [6, 6.07) is 16.0. The van der Waals surface area contributed by atoms with Crippen LogP contribution in [0, 0.1) is 6.92 Å². The van der Waals surface area contributed by atoms with Crippen LogP contribution >= 0.6 is 11.8 Å². The Morgan fingerprint density at radius 2 is 1.77 bits per heavy atom. The summed E-state index contributed by atoms with van der Waals surface area (Å²) in [5.41, 5.74) is 4.20. The lowest BCUT2D eigenvalue weighted by molar-refractivity contribution is 0.102. The average Bonchev–Trinajstić information content (AvgIpc) is 3.08. The molecule has 5 heteroatoms. The van der Waals surface area contributed by atoms with Crippen LogP contribution in [0.25, 0.3) is 5.69 Å². The van der Waals surface area contributed by atoms with Gasteiger partial charge in [-0.25, -0.2) is 0 Å². The fourth-order valence-corrected chi connectivity index (χ4v) is 3.51. The monoisotopic (exact) mass is 365 g/mol. The summed E-state index contributed by atoms with van der Waals surface area (Å²) >= 11 is 1.41. The van der Waals surface area contributed by atoms with E-state index in [4.69, 9.17) is 0 Å². The van der Waals surface area contributed by atoms with Crippen LogP contribution < -0.4 is 0 Å². The van der Waals surface area contributed by atoms with Crippen LogP contribution in [-0.4, -0.2) is 26.3 Å². The van der Waals surface area contributed by atoms with E-state index in [1.54, 1.807) is 6.33 Å². The number of ketones is 1. The molecule has 0 aliphatic carbocycles. The lowest BCUT2D eigenvalue weighted by Gasteiger charge is -2.18. The highest BCUT2D eigenvalue weighted by atomic mass is 32.2. The molecule has 0 spiro atoms. The van der Waals surface area contributed by atoms with Crippen LogP contribution in [0.3, 0.4) is 0 Å². The zero-order valence-corrected chi connectivity index (χ0v) is 16.4. The lowest BCUT2D eigenvalue weighted by Crippen LogP contribution is -2.11. The Labute approximate surface area is 158 Å². The highest BCUT2D eigenvalue weighted by molar-refractivity contribution is 7.99. The molecule has 2 aromatic carbocycles. The molecule has 1 heterocycles. The summed E-state index contributed by atoms with van der Waals surface area (Å²) in [7, 11) is 0. The van der Waals surface area contributed by atoms with Gasteiger partial charge < -0.3 is 0 Å². The van der Waals surface area contributed by atoms with E-state index in [1.807, 2.05) is 60.0 Å². The van der Waals surface area contributed by atoms with Crippen molar-refractivity contribution in [3.05, 3.63) is 71.5 Å². The summed E-state index contributed by atoms with van der Waals surface area (Å²) in [6.45, 7) is 8.54. The second-order valence-corrected chi connectivity index (χ2v) is 8.25. The van der Waals surface area contributed by atoms with E-state index in [2.05, 4.69) is 31.0 Å². The van der Waals surface area contributed by atoms with Crippen molar-refractivity contribution < 1.29 is 4.79 Å². The molecule has 134 valence electrons. The highest BCUT2D eigenvalue weighted by Gasteiger charge is 2.15. The van der Waals surface area contributed by atoms with Gasteiger partial charge in [-0.2, -0.15) is 0 Å². The van der Waals surface area contributed by atoms with Crippen molar-refractivity contribution >= 4 is 17.5 Å². The second-order valence-electron chi connectivity index (χ2n) is 7.31. The number of thioether (sulfide) groups is 1. The minimum Gasteiger partial charge on any atom is -0.293 e. The van der Waals surface area contributed by atoms with Crippen LogP contribution in [0.2, 0.25) is 0 Å². The zero-order valence-electron chi connectivity index (χ0n) is 15.6. The van der Waals surface area contributed by atoms with Gasteiger partial charge >= 0.3 is 0 Å². The Kier molecular flexibility index (Phi) is 5.28. The van der Waals surface area contributed by atoms with E-state index in [0.717, 1.165) is 22.0 Å². The molecule has 3 aromatic rings. The van der Waals surface area contributed by atoms with E-state index < -0.39 is 0 Å². The molecule has 0 saturated heterocycles. The predicted molar refractivity (Wildman–Crippen MR) is 106 cm³/mol. The smallest absolute Gasteiger partial charge is 0.196 e. The number of para-hydroxylation sites is 1. The van der Waals surface area contributed by atoms with Crippen LogP contribution in [0.1, 0.15) is 42.3 Å². The first-order valence-corrected chi connectivity index (χ1v) is 9.57. The van der Waals surface area contributed by atoms with Crippen molar-refractivity contribution in [3.8, 4) is 5.69 Å². The number of carbonyl (C=O) groups is 1. The van der Waals surface area contributed by atoms with E-state index in [0.29, 0.717) is 5.75 Å². The summed E-state index contributed by atoms with van der Waals surface area (Å²) in [6.07, 6.45) is 1.69. The van der Waals surface area contributed by atoms with Gasteiger partial charge in [0.05, 0.1) is 11.4 Å². The fraction of sp³-hybridized carbons (Fsp3) is 0.286. The Morgan fingerprint density at radius 3 is 2.42 bits per heavy atom. The molecule has 0 atom stereocenters. The summed E-state index contributed by atoms with van der Waals surface area (Å²) in [5.74, 6) is 0.425. The van der Waals surface area contributed by atoms with Crippen LogP contribution in [0.5, 0.6) is 0 Å². The molecule has 4 nitrogen and oxygen atoms in total. The van der Waals surface area contributed by atoms with Crippen LogP contribution in [0.4, 0.5) is 0 Å². The van der Waals surface area contributed by atoms with Gasteiger partial charge in [-0.3, -0.25) is 9.36 Å². The molecule has 0 saturated carbocycles. The Bertz CT molecular complexity index is 908. The van der Waals surface area contributed by atoms with Gasteiger partial charge in [0.2, 0.25) is 0 Å². The molecule has 0 unspecified atom stereocenters. The molecule has 0 aliphatic rings. The third-order valence-electron chi connectivity index (χ3n) is 4.30. The summed E-state index contributed by atoms with van der Waals surface area (Å²) in [5, 5.41) is 8.90. The third-order valence-corrected chi connectivity index (χ3v) is 5.24. The molecule has 3 rings (SSSR count). The van der Waals surface area contributed by atoms with E-state index in [1.165, 1.54) is 17.3 Å². The zero-order chi connectivity index (χ0) is 18.7. The maximum Gasteiger partial charge on any atom is 0.196 e. The number of hydrogen-bond donors (Lipinski definition) is 0. The number of aromatic nitrogens is 3. The number of rotatable bonds is 5. The van der Waals surface area contributed by atoms with E-state index >= 15 is 0 Å². The molecule has 0 aliphatic heterocycles. The number of hydrogen-bond acceptors (Lipinski definition) is 4. The first-order chi connectivity index (χ1) is 12.4. The van der Waals surface area contributed by atoms with Gasteiger partial charge in [-0.1, -0.05) is 75.0 Å². The van der Waals surface area contributed by atoms with Crippen molar-refractivity contribution in [1.29, 1.82) is 0 Å². The van der Waals surface area contributed by atoms with Gasteiger partial charge in [0.15, 0.2) is 10.9 Å². The maximum absolute atomic E-state index is 12.5. The number of aryl methyl sites for hydroxylation is 1. The van der Waals surface area contributed by atoms with Gasteiger partial charge in [0.1, 0.15) is 6.33 Å². The minimum absolute atomic E-state index is 0.0836. The largest absolute Gasteiger partial charge is 0.293 e. The normalized spacial score (nSPS) is 11.5. The summed E-state index contributed by atoms with van der Waals surface area (Å²) in [4.78, 5) is 12.5. The van der Waals surface area contributed by atoms with E-state index in [9.17, 15) is 4.79 Å². The van der Waals surface area contributed by atoms with Gasteiger partial charge in [-0.15, -0.1) is 10.2 Å². The molecule has 1 aromatic heterocycles. The van der Waals surface area contributed by atoms with Crippen molar-refractivity contribution in [2.24, 2.45) is 0 Å². The third kappa shape index (κ3) is 4.05. The second kappa shape index (κ2) is 7.46. The Balaban J connectivity index is 1.71. The Morgan fingerprint density at radius 1 is 1.08 bits per heavy atom. The van der Waals surface area contributed by atoms with Gasteiger partial charge in [0.25, 0.3) is 0 Å². The summed E-state index contributed by atoms with van der Waals surface area (Å²) < 4.78 is 1.93. The van der Waals surface area contributed by atoms with Crippen molar-refractivity contribution in [2.45, 2.75) is 38.3 Å².